The maximum atomic E-state index is 13.0. The van der Waals surface area contributed by atoms with E-state index >= 15 is 0 Å². The maximum Gasteiger partial charge on any atom is 0.416 e. The van der Waals surface area contributed by atoms with Crippen molar-refractivity contribution in [3.63, 3.8) is 0 Å². The average molecular weight is 450 g/mol. The first-order valence-electron chi connectivity index (χ1n) is 7.69. The van der Waals surface area contributed by atoms with E-state index in [1.807, 2.05) is 0 Å². The number of anilines is 2. The van der Waals surface area contributed by atoms with Gasteiger partial charge in [-0.1, -0.05) is 40.9 Å². The molecule has 1 heterocycles. The molecular formula is C18H10Cl3F3N2O2. The van der Waals surface area contributed by atoms with Crippen molar-refractivity contribution in [3.8, 4) is 0 Å². The topological polar surface area (TPSA) is 49.4 Å². The van der Waals surface area contributed by atoms with Crippen molar-refractivity contribution in [1.82, 2.24) is 0 Å². The van der Waals surface area contributed by atoms with Crippen LogP contribution in [0.5, 0.6) is 0 Å². The summed E-state index contributed by atoms with van der Waals surface area (Å²) in [7, 11) is 0. The van der Waals surface area contributed by atoms with Crippen LogP contribution < -0.4 is 10.2 Å². The molecule has 3 rings (SSSR count). The number of nitrogens with zero attached hydrogens (tertiary/aromatic N) is 1. The van der Waals surface area contributed by atoms with E-state index in [0.29, 0.717) is 21.7 Å². The molecule has 0 unspecified atom stereocenters. The summed E-state index contributed by atoms with van der Waals surface area (Å²) >= 11 is 17.9. The summed E-state index contributed by atoms with van der Waals surface area (Å²) < 4.78 is 39.0. The number of benzene rings is 2. The van der Waals surface area contributed by atoms with Gasteiger partial charge in [-0.2, -0.15) is 13.2 Å². The number of amides is 2. The molecular weight excluding hydrogens is 440 g/mol. The summed E-state index contributed by atoms with van der Waals surface area (Å²) in [4.78, 5) is 25.7. The highest BCUT2D eigenvalue weighted by molar-refractivity contribution is 6.53. The number of alkyl halides is 3. The number of nitrogens with one attached hydrogen (secondary N) is 1. The molecule has 0 bridgehead atoms. The SMILES string of the molecule is Cc1ccc(NC2=C(Cl)C(=O)N(c3cc(C(F)(F)F)ccc3Cl)C2=O)cc1Cl. The number of aryl methyl sites for hydroxylation is 1. The third-order valence-electron chi connectivity index (χ3n) is 3.98. The van der Waals surface area contributed by atoms with Crippen molar-refractivity contribution >= 4 is 58.0 Å². The second kappa shape index (κ2) is 7.31. The van der Waals surface area contributed by atoms with Crippen LogP contribution in [0.1, 0.15) is 11.1 Å². The number of hydrogen-bond donors (Lipinski definition) is 1. The van der Waals surface area contributed by atoms with Crippen LogP contribution in [-0.4, -0.2) is 11.8 Å². The Hall–Kier alpha value is -2.22. The summed E-state index contributed by atoms with van der Waals surface area (Å²) in [6, 6.07) is 7.14. The van der Waals surface area contributed by atoms with Crippen molar-refractivity contribution in [2.75, 3.05) is 10.2 Å². The van der Waals surface area contributed by atoms with Gasteiger partial charge in [-0.3, -0.25) is 9.59 Å². The second-order valence-corrected chi connectivity index (χ2v) is 7.08. The molecule has 1 aliphatic rings. The van der Waals surface area contributed by atoms with Crippen molar-refractivity contribution in [1.29, 1.82) is 0 Å². The zero-order valence-corrected chi connectivity index (χ0v) is 16.3. The van der Waals surface area contributed by atoms with Gasteiger partial charge in [0, 0.05) is 10.7 Å². The largest absolute Gasteiger partial charge is 0.416 e. The minimum absolute atomic E-state index is 0.209. The Bertz CT molecular complexity index is 1040. The van der Waals surface area contributed by atoms with Crippen LogP contribution in [-0.2, 0) is 15.8 Å². The van der Waals surface area contributed by atoms with E-state index in [0.717, 1.165) is 17.7 Å². The normalized spacial score (nSPS) is 14.9. The van der Waals surface area contributed by atoms with Gasteiger partial charge in [-0.25, -0.2) is 4.90 Å². The lowest BCUT2D eigenvalue weighted by atomic mass is 10.2. The van der Waals surface area contributed by atoms with Gasteiger partial charge in [0.15, 0.2) is 0 Å². The number of rotatable bonds is 3. The highest BCUT2D eigenvalue weighted by Crippen LogP contribution is 2.39. The third-order valence-corrected chi connectivity index (χ3v) is 5.06. The molecule has 4 nitrogen and oxygen atoms in total. The fourth-order valence-corrected chi connectivity index (χ4v) is 3.10. The lowest BCUT2D eigenvalue weighted by molar-refractivity contribution is -0.137. The third kappa shape index (κ3) is 3.70. The van der Waals surface area contributed by atoms with Gasteiger partial charge in [0.25, 0.3) is 11.8 Å². The highest BCUT2D eigenvalue weighted by Gasteiger charge is 2.41. The molecule has 0 aliphatic carbocycles. The first kappa shape index (κ1) is 20.5. The summed E-state index contributed by atoms with van der Waals surface area (Å²) in [5, 5.41) is 2.42. The standard InChI is InChI=1S/C18H10Cl3F3N2O2/c1-8-2-4-10(7-12(8)20)25-15-14(21)16(27)26(17(15)28)13-6-9(18(22,23)24)3-5-11(13)19/h2-7,25H,1H3. The fourth-order valence-electron chi connectivity index (χ4n) is 2.51. The fraction of sp³-hybridized carbons (Fsp3) is 0.111. The number of imide groups is 1. The summed E-state index contributed by atoms with van der Waals surface area (Å²) in [5.41, 5.74) is -0.598. The molecule has 0 fully saturated rings. The molecule has 0 saturated carbocycles. The van der Waals surface area contributed by atoms with Crippen molar-refractivity contribution < 1.29 is 22.8 Å². The molecule has 0 saturated heterocycles. The van der Waals surface area contributed by atoms with Crippen LogP contribution in [0.15, 0.2) is 47.1 Å². The van der Waals surface area contributed by atoms with Gasteiger partial charge >= 0.3 is 6.18 Å². The van der Waals surface area contributed by atoms with E-state index < -0.39 is 34.3 Å². The molecule has 2 amide bonds. The molecule has 1 N–H and O–H groups in total. The predicted octanol–water partition coefficient (Wildman–Crippen LogP) is 5.76. The second-order valence-electron chi connectivity index (χ2n) is 5.89. The molecule has 0 spiro atoms. The maximum absolute atomic E-state index is 13.0. The van der Waals surface area contributed by atoms with E-state index in [1.165, 1.54) is 6.07 Å². The van der Waals surface area contributed by atoms with Crippen molar-refractivity contribution in [2.45, 2.75) is 13.1 Å². The predicted molar refractivity (Wildman–Crippen MR) is 102 cm³/mol. The number of carbonyl (C=O) groups excluding carboxylic acids is 2. The Morgan fingerprint density at radius 3 is 2.21 bits per heavy atom. The minimum Gasteiger partial charge on any atom is -0.350 e. The van der Waals surface area contributed by atoms with E-state index in [1.54, 1.807) is 19.1 Å². The van der Waals surface area contributed by atoms with E-state index in [4.69, 9.17) is 34.8 Å². The van der Waals surface area contributed by atoms with E-state index in [9.17, 15) is 22.8 Å². The number of carbonyl (C=O) groups is 2. The lowest BCUT2D eigenvalue weighted by Crippen LogP contribution is -2.32. The van der Waals surface area contributed by atoms with Gasteiger partial charge < -0.3 is 5.32 Å². The Labute approximate surface area is 172 Å². The summed E-state index contributed by atoms with van der Waals surface area (Å²) in [5.74, 6) is -1.93. The quantitative estimate of drug-likeness (QED) is 0.607. The zero-order valence-electron chi connectivity index (χ0n) is 14.0. The molecule has 146 valence electrons. The van der Waals surface area contributed by atoms with E-state index in [-0.39, 0.29) is 10.7 Å². The molecule has 10 heteroatoms. The van der Waals surface area contributed by atoms with Gasteiger partial charge in [0.2, 0.25) is 0 Å². The Balaban J connectivity index is 1.98. The first-order chi connectivity index (χ1) is 13.0. The summed E-state index contributed by atoms with van der Waals surface area (Å²) in [6.45, 7) is 1.78. The smallest absolute Gasteiger partial charge is 0.350 e. The Kier molecular flexibility index (Phi) is 5.36. The lowest BCUT2D eigenvalue weighted by Gasteiger charge is -2.18. The van der Waals surface area contributed by atoms with Gasteiger partial charge in [0.1, 0.15) is 10.7 Å². The minimum atomic E-state index is -4.68. The van der Waals surface area contributed by atoms with Crippen molar-refractivity contribution in [3.05, 3.63) is 68.3 Å². The summed E-state index contributed by atoms with van der Waals surface area (Å²) in [6.07, 6.45) is -4.68. The van der Waals surface area contributed by atoms with E-state index in [2.05, 4.69) is 5.32 Å². The molecule has 0 radical (unpaired) electrons. The van der Waals surface area contributed by atoms with Gasteiger partial charge in [0.05, 0.1) is 16.3 Å². The van der Waals surface area contributed by atoms with Crippen LogP contribution in [0.3, 0.4) is 0 Å². The Morgan fingerprint density at radius 1 is 0.929 bits per heavy atom. The van der Waals surface area contributed by atoms with Crippen LogP contribution >= 0.6 is 34.8 Å². The first-order valence-corrected chi connectivity index (χ1v) is 8.82. The Morgan fingerprint density at radius 2 is 1.61 bits per heavy atom. The monoisotopic (exact) mass is 448 g/mol. The van der Waals surface area contributed by atoms with Crippen molar-refractivity contribution in [2.24, 2.45) is 0 Å². The molecule has 0 atom stereocenters. The number of halogens is 6. The number of hydrogen-bond acceptors (Lipinski definition) is 3. The van der Waals surface area contributed by atoms with Crippen LogP contribution in [0.4, 0.5) is 24.5 Å². The van der Waals surface area contributed by atoms with Crippen LogP contribution in [0.2, 0.25) is 10.0 Å². The molecule has 28 heavy (non-hydrogen) atoms. The van der Waals surface area contributed by atoms with Gasteiger partial charge in [-0.05, 0) is 42.8 Å². The molecule has 0 aromatic heterocycles. The van der Waals surface area contributed by atoms with Crippen LogP contribution in [0, 0.1) is 6.92 Å². The molecule has 2 aromatic carbocycles. The average Bonchev–Trinajstić information content (AvgIpc) is 2.81. The highest BCUT2D eigenvalue weighted by atomic mass is 35.5. The molecule has 1 aliphatic heterocycles. The zero-order chi connectivity index (χ0) is 20.8. The van der Waals surface area contributed by atoms with Gasteiger partial charge in [-0.15, -0.1) is 0 Å². The van der Waals surface area contributed by atoms with Crippen LogP contribution in [0.25, 0.3) is 0 Å². The molecule has 2 aromatic rings.